The number of halogens is 1. The SMILES string of the molecule is BP(I)c1cc(S)c(O)c(C(C)(C)C)c1. The average Bonchev–Trinajstić information content (AvgIpc) is 2.06. The van der Waals surface area contributed by atoms with Gasteiger partial charge in [-0.3, -0.25) is 0 Å². The maximum Gasteiger partial charge on any atom is 0.152 e. The van der Waals surface area contributed by atoms with Crippen molar-refractivity contribution in [2.45, 2.75) is 31.1 Å². The van der Waals surface area contributed by atoms with Gasteiger partial charge in [0, 0.05) is 10.5 Å². The summed E-state index contributed by atoms with van der Waals surface area (Å²) in [7, 11) is 2.20. The Kier molecular flexibility index (Phi) is 4.41. The maximum atomic E-state index is 9.97. The molecule has 0 fully saturated rings. The van der Waals surface area contributed by atoms with Gasteiger partial charge in [-0.2, -0.15) is 0 Å². The van der Waals surface area contributed by atoms with Crippen LogP contribution in [0.25, 0.3) is 0 Å². The average molecular weight is 352 g/mol. The molecule has 1 nitrogen and oxygen atoms in total. The predicted molar refractivity (Wildman–Crippen MR) is 83.2 cm³/mol. The second-order valence-corrected chi connectivity index (χ2v) is 10.9. The standard InChI is InChI=1S/C10H15BIOPS/c1-10(2,3)7-4-6(14(11)12)5-8(15)9(7)13/h4-5,13,15H,11H2,1-3H3. The number of hydrogen-bond acceptors (Lipinski definition) is 2. The zero-order valence-electron chi connectivity index (χ0n) is 9.37. The zero-order chi connectivity index (χ0) is 11.8. The summed E-state index contributed by atoms with van der Waals surface area (Å²) in [4.78, 5) is 0.684. The fourth-order valence-corrected chi connectivity index (χ4v) is 3.16. The van der Waals surface area contributed by atoms with E-state index in [1.54, 1.807) is 0 Å². The lowest BCUT2D eigenvalue weighted by Gasteiger charge is -2.23. The molecule has 0 bridgehead atoms. The summed E-state index contributed by atoms with van der Waals surface area (Å²) < 4.78 is 0. The molecule has 1 N–H and O–H groups in total. The first-order valence-electron chi connectivity index (χ1n) is 4.69. The Balaban J connectivity index is 3.38. The highest BCUT2D eigenvalue weighted by atomic mass is 127. The van der Waals surface area contributed by atoms with E-state index in [0.717, 1.165) is 5.56 Å². The molecule has 1 rings (SSSR count). The minimum atomic E-state index is -0.178. The Hall–Kier alpha value is 0.595. The molecule has 1 aromatic carbocycles. The van der Waals surface area contributed by atoms with E-state index in [2.05, 4.69) is 69.1 Å². The van der Waals surface area contributed by atoms with Crippen molar-refractivity contribution in [3.8, 4) is 5.75 Å². The highest BCUT2D eigenvalue weighted by Crippen LogP contribution is 2.42. The van der Waals surface area contributed by atoms with Gasteiger partial charge in [-0.25, -0.2) is 0 Å². The molecule has 5 heteroatoms. The summed E-state index contributed by atoms with van der Waals surface area (Å²) in [5, 5.41) is 11.2. The van der Waals surface area contributed by atoms with E-state index in [9.17, 15) is 5.11 Å². The third-order valence-electron chi connectivity index (χ3n) is 2.24. The first-order chi connectivity index (χ1) is 6.73. The van der Waals surface area contributed by atoms with Gasteiger partial charge >= 0.3 is 0 Å². The molecule has 82 valence electrons. The second-order valence-electron chi connectivity index (χ2n) is 4.59. The van der Waals surface area contributed by atoms with E-state index < -0.39 is 0 Å². The molecule has 0 heterocycles. The summed E-state index contributed by atoms with van der Waals surface area (Å²) in [5.41, 5.74) is 0.763. The van der Waals surface area contributed by atoms with Gasteiger partial charge in [-0.05, 0) is 22.9 Å². The highest BCUT2D eigenvalue weighted by Gasteiger charge is 2.21. The minimum Gasteiger partial charge on any atom is -0.506 e. The molecule has 0 aliphatic rings. The fourth-order valence-electron chi connectivity index (χ4n) is 1.35. The van der Waals surface area contributed by atoms with Crippen molar-refractivity contribution in [1.82, 2.24) is 0 Å². The van der Waals surface area contributed by atoms with Gasteiger partial charge in [0.15, 0.2) is 7.57 Å². The molecule has 0 radical (unpaired) electrons. The number of thiol groups is 1. The normalized spacial score (nSPS) is 13.9. The third kappa shape index (κ3) is 3.27. The lowest BCUT2D eigenvalue weighted by molar-refractivity contribution is 0.435. The Labute approximate surface area is 112 Å². The van der Waals surface area contributed by atoms with E-state index in [0.29, 0.717) is 10.6 Å². The van der Waals surface area contributed by atoms with Crippen molar-refractivity contribution in [3.63, 3.8) is 0 Å². The number of phenolic OH excluding ortho intramolecular Hbond substituents is 1. The van der Waals surface area contributed by atoms with E-state index >= 15 is 0 Å². The van der Waals surface area contributed by atoms with E-state index in [-0.39, 0.29) is 10.9 Å². The van der Waals surface area contributed by atoms with Crippen LogP contribution in [-0.4, -0.2) is 12.7 Å². The molecule has 0 aliphatic heterocycles. The molecule has 15 heavy (non-hydrogen) atoms. The van der Waals surface area contributed by atoms with Crippen LogP contribution in [0.2, 0.25) is 0 Å². The summed E-state index contributed by atoms with van der Waals surface area (Å²) in [6.07, 6.45) is 0. The van der Waals surface area contributed by atoms with Crippen LogP contribution < -0.4 is 5.30 Å². The number of hydrogen-bond donors (Lipinski definition) is 2. The quantitative estimate of drug-likeness (QED) is 0.345. The Bertz CT molecular complexity index is 376. The van der Waals surface area contributed by atoms with Crippen LogP contribution in [0.5, 0.6) is 5.75 Å². The van der Waals surface area contributed by atoms with Crippen LogP contribution in [0.4, 0.5) is 0 Å². The molecule has 0 aromatic heterocycles. The van der Waals surface area contributed by atoms with Crippen molar-refractivity contribution >= 4 is 53.0 Å². The molecule has 0 aliphatic carbocycles. The number of rotatable bonds is 1. The van der Waals surface area contributed by atoms with Crippen LogP contribution in [0.1, 0.15) is 26.3 Å². The monoisotopic (exact) mass is 352 g/mol. The number of benzene rings is 1. The van der Waals surface area contributed by atoms with Crippen molar-refractivity contribution in [2.75, 3.05) is 0 Å². The van der Waals surface area contributed by atoms with Gasteiger partial charge in [0.1, 0.15) is 5.75 Å². The number of phenols is 1. The topological polar surface area (TPSA) is 20.2 Å². The molecule has 1 aromatic rings. The maximum absolute atomic E-state index is 9.97. The van der Waals surface area contributed by atoms with Gasteiger partial charge in [-0.1, -0.05) is 48.3 Å². The predicted octanol–water partition coefficient (Wildman–Crippen LogP) is 2.98. The Morgan fingerprint density at radius 3 is 2.33 bits per heavy atom. The third-order valence-corrected chi connectivity index (χ3v) is 5.22. The summed E-state index contributed by atoms with van der Waals surface area (Å²) in [6, 6.07) is 4.07. The lowest BCUT2D eigenvalue weighted by Crippen LogP contribution is -2.14. The summed E-state index contributed by atoms with van der Waals surface area (Å²) in [5.74, 6) is 0.322. The summed E-state index contributed by atoms with van der Waals surface area (Å²) >= 11 is 6.75. The van der Waals surface area contributed by atoms with Crippen LogP contribution in [0.15, 0.2) is 17.0 Å². The van der Waals surface area contributed by atoms with Gasteiger partial charge in [0.2, 0.25) is 0 Å². The van der Waals surface area contributed by atoms with E-state index in [4.69, 9.17) is 0 Å². The summed E-state index contributed by atoms with van der Waals surface area (Å²) in [6.45, 7) is 6.30. The minimum absolute atomic E-state index is 0.0421. The van der Waals surface area contributed by atoms with Crippen LogP contribution >= 0.6 is 40.1 Å². The van der Waals surface area contributed by atoms with Crippen LogP contribution in [0.3, 0.4) is 0 Å². The van der Waals surface area contributed by atoms with Gasteiger partial charge in [-0.15, -0.1) is 12.6 Å². The van der Waals surface area contributed by atoms with Gasteiger partial charge in [0.05, 0.1) is 0 Å². The van der Waals surface area contributed by atoms with Gasteiger partial charge < -0.3 is 5.11 Å². The molecule has 0 saturated carbocycles. The highest BCUT2D eigenvalue weighted by molar-refractivity contribution is 14.2. The van der Waals surface area contributed by atoms with Crippen LogP contribution in [0, 0.1) is 0 Å². The molecule has 0 amide bonds. The smallest absolute Gasteiger partial charge is 0.152 e. The molecular formula is C10H15BIOPS. The molecular weight excluding hydrogens is 337 g/mol. The largest absolute Gasteiger partial charge is 0.506 e. The van der Waals surface area contributed by atoms with Crippen molar-refractivity contribution in [2.24, 2.45) is 0 Å². The Morgan fingerprint density at radius 2 is 1.93 bits per heavy atom. The molecule has 0 spiro atoms. The van der Waals surface area contributed by atoms with Crippen molar-refractivity contribution < 1.29 is 5.11 Å². The van der Waals surface area contributed by atoms with Crippen LogP contribution in [-0.2, 0) is 5.41 Å². The van der Waals surface area contributed by atoms with E-state index in [1.165, 1.54) is 5.30 Å². The molecule has 1 unspecified atom stereocenters. The molecule has 1 atom stereocenters. The number of aromatic hydroxyl groups is 1. The second kappa shape index (κ2) is 4.85. The molecule has 0 saturated heterocycles. The first kappa shape index (κ1) is 13.7. The van der Waals surface area contributed by atoms with Crippen molar-refractivity contribution in [1.29, 1.82) is 0 Å². The first-order valence-corrected chi connectivity index (χ1v) is 9.71. The zero-order valence-corrected chi connectivity index (χ0v) is 13.3. The fraction of sp³-hybridized carbons (Fsp3) is 0.400. The lowest BCUT2D eigenvalue weighted by atomic mass is 9.86. The van der Waals surface area contributed by atoms with Crippen molar-refractivity contribution in [3.05, 3.63) is 17.7 Å². The van der Waals surface area contributed by atoms with Gasteiger partial charge in [0.25, 0.3) is 0 Å². The van der Waals surface area contributed by atoms with E-state index in [1.807, 2.05) is 6.07 Å². The Morgan fingerprint density at radius 1 is 1.40 bits per heavy atom.